The van der Waals surface area contributed by atoms with Crippen LogP contribution in [0, 0.1) is 6.92 Å². The number of pyridine rings is 1. The predicted octanol–water partition coefficient (Wildman–Crippen LogP) is 4.79. The average Bonchev–Trinajstić information content (AvgIpc) is 2.60. The zero-order valence-electron chi connectivity index (χ0n) is 14.0. The Morgan fingerprint density at radius 3 is 2.35 bits per heavy atom. The first-order valence-electron chi connectivity index (χ1n) is 7.79. The number of aromatic nitrogens is 1. The van der Waals surface area contributed by atoms with Crippen LogP contribution in [0.3, 0.4) is 0 Å². The fourth-order valence-corrected chi connectivity index (χ4v) is 2.94. The smallest absolute Gasteiger partial charge is 0.162 e. The van der Waals surface area contributed by atoms with Gasteiger partial charge in [-0.05, 0) is 36.6 Å². The number of benzene rings is 2. The Hall–Kier alpha value is -2.55. The summed E-state index contributed by atoms with van der Waals surface area (Å²) in [5.41, 5.74) is 5.59. The van der Waals surface area contributed by atoms with Gasteiger partial charge in [0.2, 0.25) is 0 Å². The molecule has 0 spiro atoms. The minimum absolute atomic E-state index is 0.702. The van der Waals surface area contributed by atoms with Gasteiger partial charge in [0.15, 0.2) is 11.5 Å². The molecule has 0 bridgehead atoms. The minimum atomic E-state index is 0.702. The van der Waals surface area contributed by atoms with Crippen molar-refractivity contribution in [3.05, 3.63) is 53.6 Å². The molecule has 118 valence electrons. The van der Waals surface area contributed by atoms with Crippen molar-refractivity contribution in [3.8, 4) is 22.8 Å². The zero-order chi connectivity index (χ0) is 16.4. The molecule has 0 N–H and O–H groups in total. The van der Waals surface area contributed by atoms with Gasteiger partial charge in [-0.1, -0.05) is 31.2 Å². The monoisotopic (exact) mass is 307 g/mol. The van der Waals surface area contributed by atoms with Gasteiger partial charge in [-0.15, -0.1) is 0 Å². The molecule has 0 saturated carbocycles. The van der Waals surface area contributed by atoms with Crippen molar-refractivity contribution in [2.75, 3.05) is 14.2 Å². The quantitative estimate of drug-likeness (QED) is 0.694. The molecule has 1 heterocycles. The Morgan fingerprint density at radius 1 is 0.957 bits per heavy atom. The lowest BCUT2D eigenvalue weighted by molar-refractivity contribution is 0.356. The van der Waals surface area contributed by atoms with Crippen molar-refractivity contribution >= 4 is 10.9 Å². The number of methoxy groups -OCH3 is 2. The molecule has 0 radical (unpaired) electrons. The van der Waals surface area contributed by atoms with Gasteiger partial charge in [-0.2, -0.15) is 0 Å². The second-order valence-corrected chi connectivity index (χ2v) is 5.56. The van der Waals surface area contributed by atoms with Crippen molar-refractivity contribution in [2.24, 2.45) is 0 Å². The van der Waals surface area contributed by atoms with Crippen molar-refractivity contribution in [3.63, 3.8) is 0 Å². The Bertz CT molecular complexity index is 856. The summed E-state index contributed by atoms with van der Waals surface area (Å²) in [5, 5.41) is 1.08. The first kappa shape index (κ1) is 15.3. The van der Waals surface area contributed by atoms with E-state index in [2.05, 4.69) is 44.2 Å². The highest BCUT2D eigenvalue weighted by atomic mass is 16.5. The van der Waals surface area contributed by atoms with E-state index in [0.29, 0.717) is 5.75 Å². The number of fused-ring (bicyclic) bond motifs is 1. The van der Waals surface area contributed by atoms with Gasteiger partial charge < -0.3 is 9.47 Å². The molecular formula is C20H21NO2. The summed E-state index contributed by atoms with van der Waals surface area (Å²) >= 11 is 0. The third kappa shape index (κ3) is 2.74. The molecule has 3 aromatic rings. The SMILES string of the molecule is CCc1ccccc1-c1cc(C)c2cc(OC)c(OC)cc2n1. The van der Waals surface area contributed by atoms with E-state index in [1.165, 1.54) is 16.7 Å². The lowest BCUT2D eigenvalue weighted by Gasteiger charge is -2.13. The molecule has 0 fully saturated rings. The largest absolute Gasteiger partial charge is 0.493 e. The van der Waals surface area contributed by atoms with Crippen LogP contribution in [0.1, 0.15) is 18.1 Å². The molecule has 3 rings (SSSR count). The summed E-state index contributed by atoms with van der Waals surface area (Å²) in [6, 6.07) is 14.5. The molecule has 3 nitrogen and oxygen atoms in total. The number of hydrogen-bond acceptors (Lipinski definition) is 3. The standard InChI is InChI=1S/C20H21NO2/c1-5-14-8-6-7-9-15(14)17-10-13(2)16-11-19(22-3)20(23-4)12-18(16)21-17/h6-12H,5H2,1-4H3. The molecule has 0 saturated heterocycles. The highest BCUT2D eigenvalue weighted by Gasteiger charge is 2.12. The number of aryl methyl sites for hydroxylation is 2. The normalized spacial score (nSPS) is 10.8. The third-order valence-corrected chi connectivity index (χ3v) is 4.20. The maximum Gasteiger partial charge on any atom is 0.162 e. The van der Waals surface area contributed by atoms with E-state index in [-0.39, 0.29) is 0 Å². The molecule has 23 heavy (non-hydrogen) atoms. The topological polar surface area (TPSA) is 31.4 Å². The van der Waals surface area contributed by atoms with Crippen molar-refractivity contribution in [1.29, 1.82) is 0 Å². The summed E-state index contributed by atoms with van der Waals surface area (Å²) in [7, 11) is 3.30. The summed E-state index contributed by atoms with van der Waals surface area (Å²) in [4.78, 5) is 4.86. The van der Waals surface area contributed by atoms with Gasteiger partial charge in [-0.25, -0.2) is 4.98 Å². The predicted molar refractivity (Wildman–Crippen MR) is 94.4 cm³/mol. The number of hydrogen-bond donors (Lipinski definition) is 0. The second-order valence-electron chi connectivity index (χ2n) is 5.56. The summed E-state index contributed by atoms with van der Waals surface area (Å²) in [6.07, 6.45) is 0.987. The fourth-order valence-electron chi connectivity index (χ4n) is 2.94. The van der Waals surface area contributed by atoms with E-state index in [1.807, 2.05) is 12.1 Å². The van der Waals surface area contributed by atoms with Crippen LogP contribution in [-0.4, -0.2) is 19.2 Å². The highest BCUT2D eigenvalue weighted by molar-refractivity contribution is 5.88. The number of ether oxygens (including phenoxy) is 2. The van der Waals surface area contributed by atoms with Gasteiger partial charge in [0, 0.05) is 17.0 Å². The summed E-state index contributed by atoms with van der Waals surface area (Å²) in [5.74, 6) is 1.43. The number of nitrogens with zero attached hydrogens (tertiary/aromatic N) is 1. The van der Waals surface area contributed by atoms with E-state index in [0.717, 1.165) is 28.8 Å². The Labute approximate surface area is 136 Å². The maximum absolute atomic E-state index is 5.41. The number of rotatable bonds is 4. The van der Waals surface area contributed by atoms with E-state index < -0.39 is 0 Å². The van der Waals surface area contributed by atoms with Crippen LogP contribution in [-0.2, 0) is 6.42 Å². The zero-order valence-corrected chi connectivity index (χ0v) is 14.0. The van der Waals surface area contributed by atoms with E-state index in [9.17, 15) is 0 Å². The van der Waals surface area contributed by atoms with Gasteiger partial charge in [-0.3, -0.25) is 0 Å². The van der Waals surface area contributed by atoms with E-state index >= 15 is 0 Å². The van der Waals surface area contributed by atoms with E-state index in [4.69, 9.17) is 14.5 Å². The fraction of sp³-hybridized carbons (Fsp3) is 0.250. The Morgan fingerprint density at radius 2 is 1.65 bits per heavy atom. The van der Waals surface area contributed by atoms with Crippen LogP contribution < -0.4 is 9.47 Å². The van der Waals surface area contributed by atoms with Crippen LogP contribution in [0.4, 0.5) is 0 Å². The van der Waals surface area contributed by atoms with Crippen molar-refractivity contribution in [2.45, 2.75) is 20.3 Å². The lowest BCUT2D eigenvalue weighted by Crippen LogP contribution is -1.95. The van der Waals surface area contributed by atoms with Gasteiger partial charge in [0.1, 0.15) is 0 Å². The molecule has 3 heteroatoms. The Kier molecular flexibility index (Phi) is 4.20. The third-order valence-electron chi connectivity index (χ3n) is 4.20. The Balaban J connectivity index is 2.25. The van der Waals surface area contributed by atoms with Crippen LogP contribution in [0.25, 0.3) is 22.2 Å². The molecule has 0 aliphatic heterocycles. The molecule has 0 amide bonds. The van der Waals surface area contributed by atoms with Crippen LogP contribution in [0.2, 0.25) is 0 Å². The van der Waals surface area contributed by atoms with Gasteiger partial charge in [0.25, 0.3) is 0 Å². The summed E-state index contributed by atoms with van der Waals surface area (Å²) < 4.78 is 10.8. The molecule has 1 aromatic heterocycles. The maximum atomic E-state index is 5.41. The second kappa shape index (κ2) is 6.29. The molecule has 0 atom stereocenters. The van der Waals surface area contributed by atoms with E-state index in [1.54, 1.807) is 14.2 Å². The minimum Gasteiger partial charge on any atom is -0.493 e. The first-order chi connectivity index (χ1) is 11.2. The molecule has 0 aliphatic rings. The molecule has 0 aliphatic carbocycles. The van der Waals surface area contributed by atoms with Crippen molar-refractivity contribution < 1.29 is 9.47 Å². The van der Waals surface area contributed by atoms with Crippen molar-refractivity contribution in [1.82, 2.24) is 4.98 Å². The van der Waals surface area contributed by atoms with Crippen LogP contribution in [0.15, 0.2) is 42.5 Å². The highest BCUT2D eigenvalue weighted by Crippen LogP contribution is 2.34. The van der Waals surface area contributed by atoms with Crippen LogP contribution >= 0.6 is 0 Å². The van der Waals surface area contributed by atoms with Crippen LogP contribution in [0.5, 0.6) is 11.5 Å². The average molecular weight is 307 g/mol. The molecular weight excluding hydrogens is 286 g/mol. The van der Waals surface area contributed by atoms with Gasteiger partial charge in [0.05, 0.1) is 25.4 Å². The lowest BCUT2D eigenvalue weighted by atomic mass is 9.99. The summed E-state index contributed by atoms with van der Waals surface area (Å²) in [6.45, 7) is 4.27. The molecule has 2 aromatic carbocycles. The van der Waals surface area contributed by atoms with Gasteiger partial charge >= 0.3 is 0 Å². The first-order valence-corrected chi connectivity index (χ1v) is 7.79. The molecule has 0 unspecified atom stereocenters.